The lowest BCUT2D eigenvalue weighted by atomic mass is 10.1. The van der Waals surface area contributed by atoms with Gasteiger partial charge in [0.15, 0.2) is 10.8 Å². The van der Waals surface area contributed by atoms with Crippen molar-refractivity contribution in [2.24, 2.45) is 0 Å². The summed E-state index contributed by atoms with van der Waals surface area (Å²) < 4.78 is 8.20. The summed E-state index contributed by atoms with van der Waals surface area (Å²) >= 11 is 1.67. The molecule has 7 nitrogen and oxygen atoms in total. The molecular weight excluding hydrogens is 410 g/mol. The van der Waals surface area contributed by atoms with Gasteiger partial charge in [-0.25, -0.2) is 4.68 Å². The van der Waals surface area contributed by atoms with Crippen LogP contribution in [0.2, 0.25) is 0 Å². The van der Waals surface area contributed by atoms with Crippen LogP contribution >= 0.6 is 11.3 Å². The van der Waals surface area contributed by atoms with Gasteiger partial charge in [-0.2, -0.15) is 10.1 Å². The van der Waals surface area contributed by atoms with Gasteiger partial charge in [0.05, 0.1) is 23.2 Å². The van der Waals surface area contributed by atoms with Crippen molar-refractivity contribution in [2.75, 3.05) is 38.2 Å². The smallest absolute Gasteiger partial charge is 0.253 e. The van der Waals surface area contributed by atoms with Crippen molar-refractivity contribution < 1.29 is 9.53 Å². The van der Waals surface area contributed by atoms with Crippen molar-refractivity contribution in [1.82, 2.24) is 19.7 Å². The minimum atomic E-state index is 0.0576. The van der Waals surface area contributed by atoms with E-state index in [1.807, 2.05) is 71.1 Å². The van der Waals surface area contributed by atoms with E-state index in [1.165, 1.54) is 0 Å². The topological polar surface area (TPSA) is 63.5 Å². The summed E-state index contributed by atoms with van der Waals surface area (Å²) in [6, 6.07) is 17.4. The molecule has 1 amide bonds. The van der Waals surface area contributed by atoms with E-state index in [0.717, 1.165) is 45.7 Å². The van der Waals surface area contributed by atoms with Gasteiger partial charge >= 0.3 is 0 Å². The first-order chi connectivity index (χ1) is 15.1. The second kappa shape index (κ2) is 8.03. The number of para-hydroxylation sites is 1. The number of thiazole rings is 1. The Hall–Kier alpha value is -3.39. The number of anilines is 1. The molecule has 158 valence electrons. The average molecular weight is 434 g/mol. The lowest BCUT2D eigenvalue weighted by Crippen LogP contribution is -2.48. The zero-order valence-electron chi connectivity index (χ0n) is 17.5. The van der Waals surface area contributed by atoms with Gasteiger partial charge in [0, 0.05) is 31.7 Å². The predicted molar refractivity (Wildman–Crippen MR) is 123 cm³/mol. The highest BCUT2D eigenvalue weighted by Gasteiger charge is 2.25. The Labute approximate surface area is 184 Å². The standard InChI is InChI=1S/C23H23N5O2S/c1-16-20-21(28(25-16)18-6-4-3-5-7-18)24-23(31-20)27-14-12-26(13-15-27)22(29)17-8-10-19(30-2)11-9-17/h3-11H,12-15H2,1-2H3. The first-order valence-corrected chi connectivity index (χ1v) is 11.1. The molecule has 0 atom stereocenters. The van der Waals surface area contributed by atoms with Crippen LogP contribution in [0.4, 0.5) is 5.13 Å². The molecule has 1 fully saturated rings. The van der Waals surface area contributed by atoms with Crippen molar-refractivity contribution in [1.29, 1.82) is 0 Å². The van der Waals surface area contributed by atoms with Crippen LogP contribution in [0, 0.1) is 6.92 Å². The number of aromatic nitrogens is 3. The number of rotatable bonds is 4. The molecule has 1 aliphatic heterocycles. The number of methoxy groups -OCH3 is 1. The molecule has 0 radical (unpaired) electrons. The molecule has 31 heavy (non-hydrogen) atoms. The van der Waals surface area contributed by atoms with Crippen LogP contribution in [0.3, 0.4) is 0 Å². The van der Waals surface area contributed by atoms with Crippen LogP contribution < -0.4 is 9.64 Å². The fraction of sp³-hybridized carbons (Fsp3) is 0.261. The van der Waals surface area contributed by atoms with E-state index in [4.69, 9.17) is 9.72 Å². The summed E-state index contributed by atoms with van der Waals surface area (Å²) in [5, 5.41) is 5.65. The van der Waals surface area contributed by atoms with E-state index in [-0.39, 0.29) is 5.91 Å². The van der Waals surface area contributed by atoms with Crippen LogP contribution in [0.5, 0.6) is 5.75 Å². The molecule has 3 heterocycles. The fourth-order valence-corrected chi connectivity index (χ4v) is 4.86. The van der Waals surface area contributed by atoms with E-state index in [1.54, 1.807) is 18.4 Å². The van der Waals surface area contributed by atoms with Gasteiger partial charge in [-0.3, -0.25) is 4.79 Å². The second-order valence-corrected chi connectivity index (χ2v) is 8.47. The van der Waals surface area contributed by atoms with Gasteiger partial charge in [-0.15, -0.1) is 0 Å². The number of carbonyl (C=O) groups is 1. The molecular formula is C23H23N5O2S. The molecule has 0 unspecified atom stereocenters. The second-order valence-electron chi connectivity index (χ2n) is 7.49. The van der Waals surface area contributed by atoms with Crippen LogP contribution in [0.1, 0.15) is 16.1 Å². The lowest BCUT2D eigenvalue weighted by Gasteiger charge is -2.34. The number of hydrogen-bond donors (Lipinski definition) is 0. The van der Waals surface area contributed by atoms with Crippen molar-refractivity contribution in [3.8, 4) is 11.4 Å². The monoisotopic (exact) mass is 433 g/mol. The fourth-order valence-electron chi connectivity index (χ4n) is 3.82. The minimum absolute atomic E-state index is 0.0576. The van der Waals surface area contributed by atoms with Crippen molar-refractivity contribution in [3.63, 3.8) is 0 Å². The molecule has 0 N–H and O–H groups in total. The Kier molecular flexibility index (Phi) is 5.07. The van der Waals surface area contributed by atoms with Gasteiger partial charge in [-0.1, -0.05) is 29.5 Å². The largest absolute Gasteiger partial charge is 0.497 e. The van der Waals surface area contributed by atoms with Crippen molar-refractivity contribution >= 4 is 32.7 Å². The minimum Gasteiger partial charge on any atom is -0.497 e. The highest BCUT2D eigenvalue weighted by molar-refractivity contribution is 7.22. The third-order valence-electron chi connectivity index (χ3n) is 5.55. The van der Waals surface area contributed by atoms with E-state index < -0.39 is 0 Å². The van der Waals surface area contributed by atoms with Crippen LogP contribution in [-0.2, 0) is 0 Å². The summed E-state index contributed by atoms with van der Waals surface area (Å²) in [6.45, 7) is 4.88. The molecule has 2 aromatic heterocycles. The Morgan fingerprint density at radius 1 is 1.00 bits per heavy atom. The van der Waals surface area contributed by atoms with E-state index >= 15 is 0 Å². The number of piperazine rings is 1. The molecule has 0 aliphatic carbocycles. The third-order valence-corrected chi connectivity index (χ3v) is 6.77. The van der Waals surface area contributed by atoms with Gasteiger partial charge in [0.1, 0.15) is 5.75 Å². The number of amides is 1. The number of hydrogen-bond acceptors (Lipinski definition) is 6. The Morgan fingerprint density at radius 3 is 2.39 bits per heavy atom. The highest BCUT2D eigenvalue weighted by Crippen LogP contribution is 2.33. The summed E-state index contributed by atoms with van der Waals surface area (Å²) in [4.78, 5) is 21.9. The molecule has 4 aromatic rings. The van der Waals surface area contributed by atoms with Gasteiger partial charge in [-0.05, 0) is 43.3 Å². The quantitative estimate of drug-likeness (QED) is 0.490. The number of nitrogens with zero attached hydrogens (tertiary/aromatic N) is 5. The molecule has 2 aromatic carbocycles. The van der Waals surface area contributed by atoms with Gasteiger partial charge in [0.25, 0.3) is 5.91 Å². The van der Waals surface area contributed by atoms with Gasteiger partial charge < -0.3 is 14.5 Å². The number of aryl methyl sites for hydroxylation is 1. The van der Waals surface area contributed by atoms with E-state index in [2.05, 4.69) is 10.00 Å². The Bertz CT molecular complexity index is 1210. The maximum atomic E-state index is 12.8. The molecule has 0 saturated carbocycles. The molecule has 0 spiro atoms. The maximum absolute atomic E-state index is 12.8. The number of ether oxygens (including phenoxy) is 1. The number of fused-ring (bicyclic) bond motifs is 1. The first-order valence-electron chi connectivity index (χ1n) is 10.2. The maximum Gasteiger partial charge on any atom is 0.253 e. The molecule has 0 bridgehead atoms. The third kappa shape index (κ3) is 3.63. The zero-order chi connectivity index (χ0) is 21.4. The summed E-state index contributed by atoms with van der Waals surface area (Å²) in [7, 11) is 1.62. The Balaban J connectivity index is 1.32. The predicted octanol–water partition coefficient (Wildman–Crippen LogP) is 3.76. The SMILES string of the molecule is COc1ccc(C(=O)N2CCN(c3nc4c(s3)c(C)nn4-c3ccccc3)CC2)cc1. The van der Waals surface area contributed by atoms with Gasteiger partial charge in [0.2, 0.25) is 0 Å². The summed E-state index contributed by atoms with van der Waals surface area (Å²) in [5.74, 6) is 0.809. The molecule has 1 aliphatic rings. The zero-order valence-corrected chi connectivity index (χ0v) is 18.3. The summed E-state index contributed by atoms with van der Waals surface area (Å²) in [6.07, 6.45) is 0. The number of benzene rings is 2. The number of carbonyl (C=O) groups excluding carboxylic acids is 1. The van der Waals surface area contributed by atoms with Crippen LogP contribution in [0.15, 0.2) is 54.6 Å². The van der Waals surface area contributed by atoms with E-state index in [9.17, 15) is 4.79 Å². The summed E-state index contributed by atoms with van der Waals surface area (Å²) in [5.41, 5.74) is 3.57. The first kappa shape index (κ1) is 19.6. The van der Waals surface area contributed by atoms with Crippen molar-refractivity contribution in [3.05, 3.63) is 65.9 Å². The molecule has 1 saturated heterocycles. The average Bonchev–Trinajstić information content (AvgIpc) is 3.40. The molecule has 5 rings (SSSR count). The lowest BCUT2D eigenvalue weighted by molar-refractivity contribution is 0.0746. The molecule has 8 heteroatoms. The van der Waals surface area contributed by atoms with Crippen molar-refractivity contribution in [2.45, 2.75) is 6.92 Å². The normalized spacial score (nSPS) is 14.3. The van der Waals surface area contributed by atoms with E-state index in [0.29, 0.717) is 18.7 Å². The highest BCUT2D eigenvalue weighted by atomic mass is 32.1. The van der Waals surface area contributed by atoms with Crippen LogP contribution in [-0.4, -0.2) is 58.9 Å². The Morgan fingerprint density at radius 2 is 1.71 bits per heavy atom. The van der Waals surface area contributed by atoms with Crippen LogP contribution in [0.25, 0.3) is 16.0 Å².